The molecule has 9 nitrogen and oxygen atoms in total. The Morgan fingerprint density at radius 1 is 1.18 bits per heavy atom. The van der Waals surface area contributed by atoms with Crippen molar-refractivity contribution < 1.29 is 42.6 Å². The average Bonchev–Trinajstić information content (AvgIpc) is 3.27. The van der Waals surface area contributed by atoms with Crippen LogP contribution in [-0.2, 0) is 21.0 Å². The maximum absolute atomic E-state index is 13.0. The fourth-order valence-corrected chi connectivity index (χ4v) is 4.18. The molecule has 1 aliphatic rings. The molecule has 0 bridgehead atoms. The lowest BCUT2D eigenvalue weighted by atomic mass is 9.96. The minimum absolute atomic E-state index is 0.141. The number of halogens is 3. The van der Waals surface area contributed by atoms with E-state index in [9.17, 15) is 22.8 Å². The molecule has 202 valence electrons. The van der Waals surface area contributed by atoms with Crippen LogP contribution in [-0.4, -0.2) is 56.7 Å². The van der Waals surface area contributed by atoms with E-state index in [1.54, 1.807) is 12.4 Å². The Balaban J connectivity index is 0.000000505. The van der Waals surface area contributed by atoms with Gasteiger partial charge in [-0.15, -0.1) is 0 Å². The van der Waals surface area contributed by atoms with Crippen LogP contribution in [0.3, 0.4) is 0 Å². The predicted octanol–water partition coefficient (Wildman–Crippen LogP) is 3.97. The van der Waals surface area contributed by atoms with Crippen molar-refractivity contribution in [1.29, 1.82) is 0 Å². The van der Waals surface area contributed by atoms with E-state index in [1.165, 1.54) is 4.90 Å². The highest BCUT2D eigenvalue weighted by Gasteiger charge is 2.39. The van der Waals surface area contributed by atoms with E-state index in [0.29, 0.717) is 25.3 Å². The highest BCUT2D eigenvalue weighted by Crippen LogP contribution is 2.36. The number of benzene rings is 2. The van der Waals surface area contributed by atoms with Gasteiger partial charge in [0, 0.05) is 28.8 Å². The molecule has 4 rings (SSSR count). The molecule has 0 aliphatic carbocycles. The largest absolute Gasteiger partial charge is 0.490 e. The Morgan fingerprint density at radius 3 is 2.47 bits per heavy atom. The van der Waals surface area contributed by atoms with Crippen molar-refractivity contribution in [3.8, 4) is 5.75 Å². The number of hydrogen-bond acceptors (Lipinski definition) is 6. The second kappa shape index (κ2) is 11.9. The van der Waals surface area contributed by atoms with Crippen LogP contribution in [0.25, 0.3) is 10.9 Å². The Bertz CT molecular complexity index is 1330. The van der Waals surface area contributed by atoms with E-state index < -0.39 is 24.1 Å². The molecule has 3 N–H and O–H groups in total. The van der Waals surface area contributed by atoms with Gasteiger partial charge in [0.15, 0.2) is 0 Å². The van der Waals surface area contributed by atoms with Gasteiger partial charge in [-0.25, -0.2) is 10.3 Å². The molecule has 1 aromatic heterocycles. The van der Waals surface area contributed by atoms with Crippen LogP contribution in [0.5, 0.6) is 5.75 Å². The monoisotopic (exact) mass is 533 g/mol. The number of hydrogen-bond donors (Lipinski definition) is 3. The Hall–Kier alpha value is -4.19. The number of likely N-dealkylation sites (tertiary alicyclic amines) is 1. The number of aliphatic carboxylic acids is 1. The summed E-state index contributed by atoms with van der Waals surface area (Å²) in [4.78, 5) is 39.7. The first-order valence-electron chi connectivity index (χ1n) is 11.6. The molecule has 0 saturated carbocycles. The minimum atomic E-state index is -5.08. The molecule has 2 amide bonds. The van der Waals surface area contributed by atoms with Gasteiger partial charge in [-0.2, -0.15) is 13.2 Å². The number of carboxylic acids is 1. The fourth-order valence-electron chi connectivity index (χ4n) is 4.18. The van der Waals surface area contributed by atoms with Gasteiger partial charge >= 0.3 is 12.1 Å². The molecule has 38 heavy (non-hydrogen) atoms. The van der Waals surface area contributed by atoms with E-state index in [1.807, 2.05) is 61.5 Å². The van der Waals surface area contributed by atoms with Crippen molar-refractivity contribution >= 4 is 28.7 Å². The molecule has 2 atom stereocenters. The van der Waals surface area contributed by atoms with Crippen LogP contribution in [0.4, 0.5) is 13.2 Å². The second-order valence-corrected chi connectivity index (χ2v) is 8.59. The van der Waals surface area contributed by atoms with Crippen molar-refractivity contribution in [1.82, 2.24) is 15.4 Å². The van der Waals surface area contributed by atoms with E-state index in [-0.39, 0.29) is 11.8 Å². The molecular formula is C26H26F3N3O6. The van der Waals surface area contributed by atoms with Crippen molar-refractivity contribution in [2.24, 2.45) is 0 Å². The zero-order valence-electron chi connectivity index (χ0n) is 20.5. The topological polar surface area (TPSA) is 129 Å². The number of rotatable bonds is 6. The van der Waals surface area contributed by atoms with Crippen LogP contribution in [0, 0.1) is 6.92 Å². The fraction of sp³-hybridized carbons (Fsp3) is 0.308. The first-order valence-corrected chi connectivity index (χ1v) is 11.6. The highest BCUT2D eigenvalue weighted by molar-refractivity contribution is 5.92. The standard InChI is InChI=1S/C24H25N3O4.C2HF3O2/c1-15-13-17(18-7-3-5-9-21(18)25-15)14-31-22-10-6-4-8-19(22)20-11-12-27(24(20)29)16(2)23(28)26-30;3-2(4,5)1(6)7/h3-10,13,16,20,30H,11-12,14H2,1-2H3,(H,26,28);(H,6,7)/t16-,20-;/m1./s1. The number of aryl methyl sites for hydroxylation is 1. The van der Waals surface area contributed by atoms with Gasteiger partial charge in [-0.3, -0.25) is 19.8 Å². The van der Waals surface area contributed by atoms with E-state index in [4.69, 9.17) is 19.8 Å². The Morgan fingerprint density at radius 2 is 1.82 bits per heavy atom. The first-order chi connectivity index (χ1) is 17.9. The summed E-state index contributed by atoms with van der Waals surface area (Å²) < 4.78 is 37.9. The van der Waals surface area contributed by atoms with E-state index in [0.717, 1.165) is 27.7 Å². The number of para-hydroxylation sites is 2. The smallest absolute Gasteiger partial charge is 0.489 e. The number of carbonyl (C=O) groups excluding carboxylic acids is 2. The van der Waals surface area contributed by atoms with Crippen LogP contribution < -0.4 is 10.2 Å². The van der Waals surface area contributed by atoms with Gasteiger partial charge in [-0.05, 0) is 38.5 Å². The van der Waals surface area contributed by atoms with Crippen LogP contribution in [0.1, 0.15) is 36.1 Å². The zero-order valence-corrected chi connectivity index (χ0v) is 20.5. The van der Waals surface area contributed by atoms with Gasteiger partial charge < -0.3 is 14.7 Å². The maximum Gasteiger partial charge on any atom is 0.490 e. The summed E-state index contributed by atoms with van der Waals surface area (Å²) in [5.41, 5.74) is 5.31. The van der Waals surface area contributed by atoms with Crippen molar-refractivity contribution in [3.05, 3.63) is 71.4 Å². The molecule has 1 aliphatic heterocycles. The van der Waals surface area contributed by atoms with Crippen LogP contribution in [0.15, 0.2) is 54.6 Å². The number of fused-ring (bicyclic) bond motifs is 1. The van der Waals surface area contributed by atoms with Crippen molar-refractivity contribution in [2.45, 2.75) is 45.0 Å². The van der Waals surface area contributed by atoms with Crippen molar-refractivity contribution in [2.75, 3.05) is 6.54 Å². The molecule has 2 aromatic carbocycles. The molecule has 1 saturated heterocycles. The van der Waals surface area contributed by atoms with Crippen molar-refractivity contribution in [3.63, 3.8) is 0 Å². The molecule has 0 radical (unpaired) electrons. The normalized spacial score (nSPS) is 16.0. The molecule has 2 heterocycles. The van der Waals surface area contributed by atoms with Gasteiger partial charge in [0.1, 0.15) is 18.4 Å². The number of alkyl halides is 3. The predicted molar refractivity (Wildman–Crippen MR) is 129 cm³/mol. The van der Waals surface area contributed by atoms with E-state index >= 15 is 0 Å². The molecular weight excluding hydrogens is 507 g/mol. The van der Waals surface area contributed by atoms with Gasteiger partial charge in [0.05, 0.1) is 11.4 Å². The number of nitrogens with zero attached hydrogens (tertiary/aromatic N) is 2. The summed E-state index contributed by atoms with van der Waals surface area (Å²) in [6.45, 7) is 4.36. The molecule has 12 heteroatoms. The number of carboxylic acid groups (broad SMARTS) is 1. The first kappa shape index (κ1) is 28.4. The molecule has 0 unspecified atom stereocenters. The number of aromatic nitrogens is 1. The Kier molecular flexibility index (Phi) is 8.89. The molecule has 1 fully saturated rings. The summed E-state index contributed by atoms with van der Waals surface area (Å²) in [5, 5.41) is 17.1. The van der Waals surface area contributed by atoms with Crippen LogP contribution >= 0.6 is 0 Å². The molecule has 0 spiro atoms. The Labute approximate surface area is 215 Å². The van der Waals surface area contributed by atoms with Gasteiger partial charge in [0.2, 0.25) is 5.91 Å². The number of amides is 2. The maximum atomic E-state index is 13.0. The lowest BCUT2D eigenvalue weighted by Crippen LogP contribution is -2.45. The minimum Gasteiger partial charge on any atom is -0.489 e. The van der Waals surface area contributed by atoms with E-state index in [2.05, 4.69) is 4.98 Å². The SMILES string of the molecule is Cc1cc(COc2ccccc2[C@H]2CCN([C@H](C)C(=O)NO)C2=O)c2ccccc2n1.O=C(O)C(F)(F)F. The van der Waals surface area contributed by atoms with Gasteiger partial charge in [0.25, 0.3) is 5.91 Å². The number of pyridine rings is 1. The summed E-state index contributed by atoms with van der Waals surface area (Å²) in [5.74, 6) is -3.23. The summed E-state index contributed by atoms with van der Waals surface area (Å²) in [6.07, 6.45) is -4.50. The quantitative estimate of drug-likeness (QED) is 0.323. The number of carbonyl (C=O) groups is 3. The highest BCUT2D eigenvalue weighted by atomic mass is 19.4. The number of ether oxygens (including phenoxy) is 1. The summed E-state index contributed by atoms with van der Waals surface area (Å²) in [6, 6.07) is 16.8. The zero-order chi connectivity index (χ0) is 28.0. The third kappa shape index (κ3) is 6.57. The number of nitrogens with one attached hydrogen (secondary N) is 1. The lowest BCUT2D eigenvalue weighted by Gasteiger charge is -2.23. The third-order valence-electron chi connectivity index (χ3n) is 6.05. The van der Waals surface area contributed by atoms with Crippen LogP contribution in [0.2, 0.25) is 0 Å². The second-order valence-electron chi connectivity index (χ2n) is 8.59. The average molecular weight is 534 g/mol. The molecule has 3 aromatic rings. The summed E-state index contributed by atoms with van der Waals surface area (Å²) in [7, 11) is 0. The third-order valence-corrected chi connectivity index (χ3v) is 6.05. The lowest BCUT2D eigenvalue weighted by molar-refractivity contribution is -0.192. The van der Waals surface area contributed by atoms with Gasteiger partial charge in [-0.1, -0.05) is 36.4 Å². The summed E-state index contributed by atoms with van der Waals surface area (Å²) >= 11 is 0. The number of hydroxylamine groups is 1.